The first-order chi connectivity index (χ1) is 13.0. The van der Waals surface area contributed by atoms with Crippen LogP contribution >= 0.6 is 11.8 Å². The molecule has 0 aliphatic rings. The second kappa shape index (κ2) is 7.96. The molecule has 0 fully saturated rings. The van der Waals surface area contributed by atoms with E-state index in [2.05, 4.69) is 11.6 Å². The Labute approximate surface area is 158 Å². The molecular formula is C19H16N3O4S+. The maximum atomic E-state index is 12.7. The maximum absolute atomic E-state index is 12.7. The molecule has 136 valence electrons. The molecule has 1 aromatic heterocycles. The number of rotatable bonds is 7. The zero-order valence-electron chi connectivity index (χ0n) is 14.3. The van der Waals surface area contributed by atoms with Crippen LogP contribution in [0.1, 0.15) is 10.4 Å². The van der Waals surface area contributed by atoms with Gasteiger partial charge in [0.2, 0.25) is 0 Å². The Kier molecular flexibility index (Phi) is 5.46. The van der Waals surface area contributed by atoms with Crippen molar-refractivity contribution in [2.45, 2.75) is 11.7 Å². The number of Topliss-reactive ketones (excluding diaryl/α,β-unsaturated/α-hetero) is 1. The number of allylic oxidation sites excluding steroid dienone is 1. The smallest absolute Gasteiger partial charge is 0.293 e. The highest BCUT2D eigenvalue weighted by Gasteiger charge is 2.19. The van der Waals surface area contributed by atoms with E-state index in [1.807, 2.05) is 6.07 Å². The molecule has 0 unspecified atom stereocenters. The van der Waals surface area contributed by atoms with Gasteiger partial charge in [0, 0.05) is 17.7 Å². The fourth-order valence-electron chi connectivity index (χ4n) is 2.59. The van der Waals surface area contributed by atoms with Crippen molar-refractivity contribution >= 4 is 34.1 Å². The number of ketones is 1. The molecule has 0 spiro atoms. The number of carbonyl (C=O) groups excluding carboxylic acids is 1. The minimum atomic E-state index is -0.513. The Balaban J connectivity index is 1.86. The molecule has 0 radical (unpaired) electrons. The van der Waals surface area contributed by atoms with E-state index in [0.717, 1.165) is 0 Å². The number of nitro groups is 1. The van der Waals surface area contributed by atoms with Gasteiger partial charge in [-0.15, -0.1) is 0 Å². The fraction of sp³-hybridized carbons (Fsp3) is 0.105. The molecule has 1 heterocycles. The third kappa shape index (κ3) is 3.95. The average molecular weight is 382 g/mol. The van der Waals surface area contributed by atoms with Gasteiger partial charge in [-0.3, -0.25) is 14.9 Å². The summed E-state index contributed by atoms with van der Waals surface area (Å²) in [6.45, 7) is 3.99. The summed E-state index contributed by atoms with van der Waals surface area (Å²) in [5, 5.41) is 11.8. The number of aromatic nitrogens is 2. The summed E-state index contributed by atoms with van der Waals surface area (Å²) in [6.07, 6.45) is 1.62. The van der Waals surface area contributed by atoms with Crippen LogP contribution in [-0.4, -0.2) is 21.0 Å². The number of fused-ring (bicyclic) bond motifs is 1. The normalized spacial score (nSPS) is 10.7. The molecule has 3 aromatic rings. The maximum Gasteiger partial charge on any atom is 0.346 e. The van der Waals surface area contributed by atoms with Gasteiger partial charge < -0.3 is 0 Å². The molecule has 3 rings (SSSR count). The number of nitrogens with one attached hydrogen (secondary N) is 1. The number of aromatic amines is 1. The van der Waals surface area contributed by atoms with E-state index in [-0.39, 0.29) is 22.8 Å². The SMILES string of the molecule is C=CCn1c(SCC(=O)c2ccc([N+](=O)[O-])cc2)[nH+]c2ccccc2c1=O. The van der Waals surface area contributed by atoms with Crippen molar-refractivity contribution in [3.63, 3.8) is 0 Å². The van der Waals surface area contributed by atoms with E-state index in [0.29, 0.717) is 28.2 Å². The van der Waals surface area contributed by atoms with E-state index < -0.39 is 4.92 Å². The van der Waals surface area contributed by atoms with Crippen LogP contribution in [-0.2, 0) is 6.54 Å². The second-order valence-corrected chi connectivity index (χ2v) is 6.66. The Morgan fingerprint density at radius 1 is 1.22 bits per heavy atom. The summed E-state index contributed by atoms with van der Waals surface area (Å²) in [5.41, 5.74) is 0.844. The number of hydrogen-bond donors (Lipinski definition) is 0. The highest BCUT2D eigenvalue weighted by atomic mass is 32.2. The van der Waals surface area contributed by atoms with Crippen LogP contribution in [0.15, 0.2) is 71.1 Å². The molecular weight excluding hydrogens is 366 g/mol. The summed E-state index contributed by atoms with van der Waals surface area (Å²) >= 11 is 1.21. The first kappa shape index (κ1) is 18.5. The lowest BCUT2D eigenvalue weighted by molar-refractivity contribution is -0.407. The Hall–Kier alpha value is -3.26. The first-order valence-electron chi connectivity index (χ1n) is 8.07. The quantitative estimate of drug-likeness (QED) is 0.156. The summed E-state index contributed by atoms with van der Waals surface area (Å²) < 4.78 is 1.53. The van der Waals surface area contributed by atoms with Crippen LogP contribution in [0.5, 0.6) is 0 Å². The molecule has 1 N–H and O–H groups in total. The number of nitrogens with zero attached hydrogens (tertiary/aromatic N) is 2. The van der Waals surface area contributed by atoms with Gasteiger partial charge in [-0.2, -0.15) is 4.57 Å². The molecule has 0 saturated carbocycles. The Bertz CT molecular complexity index is 1090. The lowest BCUT2D eigenvalue weighted by Crippen LogP contribution is -2.30. The predicted molar refractivity (Wildman–Crippen MR) is 103 cm³/mol. The number of thioether (sulfide) groups is 1. The molecule has 0 aliphatic heterocycles. The Morgan fingerprint density at radius 2 is 1.93 bits per heavy atom. The van der Waals surface area contributed by atoms with Gasteiger partial charge in [0.1, 0.15) is 17.4 Å². The van der Waals surface area contributed by atoms with Crippen molar-refractivity contribution in [2.24, 2.45) is 0 Å². The van der Waals surface area contributed by atoms with Crippen LogP contribution in [0.4, 0.5) is 5.69 Å². The zero-order chi connectivity index (χ0) is 19.4. The van der Waals surface area contributed by atoms with Gasteiger partial charge in [-0.25, -0.2) is 9.78 Å². The van der Waals surface area contributed by atoms with E-state index in [9.17, 15) is 19.7 Å². The number of benzene rings is 2. The molecule has 7 nitrogen and oxygen atoms in total. The van der Waals surface area contributed by atoms with Gasteiger partial charge in [0.15, 0.2) is 5.78 Å². The number of nitro benzene ring substituents is 1. The fourth-order valence-corrected chi connectivity index (χ4v) is 3.52. The molecule has 0 bridgehead atoms. The third-order valence-corrected chi connectivity index (χ3v) is 4.94. The molecule has 0 aliphatic carbocycles. The third-order valence-electron chi connectivity index (χ3n) is 3.94. The first-order valence-corrected chi connectivity index (χ1v) is 9.06. The monoisotopic (exact) mass is 382 g/mol. The minimum absolute atomic E-state index is 0.0677. The summed E-state index contributed by atoms with van der Waals surface area (Å²) in [4.78, 5) is 38.5. The van der Waals surface area contributed by atoms with Gasteiger partial charge >= 0.3 is 10.7 Å². The topological polar surface area (TPSA) is 96.3 Å². The predicted octanol–water partition coefficient (Wildman–Crippen LogP) is 2.88. The zero-order valence-corrected chi connectivity index (χ0v) is 15.1. The van der Waals surface area contributed by atoms with Crippen LogP contribution in [0.2, 0.25) is 0 Å². The van der Waals surface area contributed by atoms with Gasteiger partial charge in [0.05, 0.1) is 10.7 Å². The minimum Gasteiger partial charge on any atom is -0.293 e. The average Bonchev–Trinajstić information content (AvgIpc) is 2.68. The molecule has 27 heavy (non-hydrogen) atoms. The molecule has 2 aromatic carbocycles. The lowest BCUT2D eigenvalue weighted by Gasteiger charge is -2.05. The summed E-state index contributed by atoms with van der Waals surface area (Å²) in [6, 6.07) is 12.6. The van der Waals surface area contributed by atoms with E-state index in [1.54, 1.807) is 24.3 Å². The van der Waals surface area contributed by atoms with Crippen molar-refractivity contribution in [1.29, 1.82) is 0 Å². The van der Waals surface area contributed by atoms with Crippen molar-refractivity contribution < 1.29 is 14.7 Å². The lowest BCUT2D eigenvalue weighted by atomic mass is 10.1. The van der Waals surface area contributed by atoms with Crippen molar-refractivity contribution in [1.82, 2.24) is 4.57 Å². The van der Waals surface area contributed by atoms with E-state index in [1.165, 1.54) is 40.6 Å². The second-order valence-electron chi connectivity index (χ2n) is 5.70. The molecule has 0 amide bonds. The van der Waals surface area contributed by atoms with Gasteiger partial charge in [-0.1, -0.05) is 24.8 Å². The van der Waals surface area contributed by atoms with Gasteiger partial charge in [0.25, 0.3) is 5.69 Å². The van der Waals surface area contributed by atoms with Crippen LogP contribution in [0.3, 0.4) is 0 Å². The molecule has 0 atom stereocenters. The number of hydrogen-bond acceptors (Lipinski definition) is 5. The Morgan fingerprint density at radius 3 is 2.59 bits per heavy atom. The van der Waals surface area contributed by atoms with Gasteiger partial charge in [-0.05, 0) is 36.0 Å². The number of carbonyl (C=O) groups is 1. The highest BCUT2D eigenvalue weighted by molar-refractivity contribution is 7.99. The molecule has 0 saturated heterocycles. The summed E-state index contributed by atoms with van der Waals surface area (Å²) in [5.74, 6) is -0.0995. The number of H-pyrrole nitrogens is 1. The van der Waals surface area contributed by atoms with Crippen molar-refractivity contribution in [3.8, 4) is 0 Å². The van der Waals surface area contributed by atoms with E-state index >= 15 is 0 Å². The number of para-hydroxylation sites is 1. The highest BCUT2D eigenvalue weighted by Crippen LogP contribution is 2.18. The molecule has 8 heteroatoms. The van der Waals surface area contributed by atoms with Crippen molar-refractivity contribution in [3.05, 3.63) is 87.2 Å². The van der Waals surface area contributed by atoms with Crippen molar-refractivity contribution in [2.75, 3.05) is 5.75 Å². The largest absolute Gasteiger partial charge is 0.346 e. The number of non-ortho nitro benzene ring substituents is 1. The standard InChI is InChI=1S/C19H15N3O4S/c1-2-11-21-18(24)15-5-3-4-6-16(15)20-19(21)27-12-17(23)13-7-9-14(10-8-13)22(25)26/h2-10H,1,11-12H2/p+1. The van der Waals surface area contributed by atoms with Crippen LogP contribution < -0.4 is 10.5 Å². The van der Waals surface area contributed by atoms with Crippen LogP contribution in [0, 0.1) is 10.1 Å². The van der Waals surface area contributed by atoms with E-state index in [4.69, 9.17) is 0 Å². The summed E-state index contributed by atoms with van der Waals surface area (Å²) in [7, 11) is 0. The van der Waals surface area contributed by atoms with Crippen LogP contribution in [0.25, 0.3) is 10.9 Å².